The van der Waals surface area contributed by atoms with E-state index in [2.05, 4.69) is 14.7 Å². The van der Waals surface area contributed by atoms with Crippen molar-refractivity contribution in [1.82, 2.24) is 14.9 Å². The van der Waals surface area contributed by atoms with E-state index in [4.69, 9.17) is 9.47 Å². The van der Waals surface area contributed by atoms with Gasteiger partial charge < -0.3 is 9.47 Å². The molecule has 5 rings (SSSR count). The first kappa shape index (κ1) is 26.3. The molecule has 202 valence electrons. The first-order chi connectivity index (χ1) is 18.2. The molecule has 0 saturated carbocycles. The van der Waals surface area contributed by atoms with E-state index in [0.29, 0.717) is 30.5 Å². The predicted molar refractivity (Wildman–Crippen MR) is 128 cm³/mol. The molecule has 1 aromatic heterocycles. The highest BCUT2D eigenvalue weighted by molar-refractivity contribution is 7.92. The standard InChI is InChI=1S/C25H24F4N4O4S/c26-16-3-1-15(2-4-16)21-11-17(37-25(28)29)6-9-33(21)20-7-10-36-22-13-23(19(27)12-18(20)22)38(34,35)32-24-5-8-30-14-31-24/h1-5,8,12-14,17,20-21,25H,6-7,9-11H2,(H,30,31,32)/t17-,20-,21-/m0/s1. The Morgan fingerprint density at radius 3 is 2.58 bits per heavy atom. The number of halogens is 4. The van der Waals surface area contributed by atoms with E-state index >= 15 is 4.39 Å². The van der Waals surface area contributed by atoms with E-state index in [9.17, 15) is 21.6 Å². The van der Waals surface area contributed by atoms with Crippen LogP contribution in [0, 0.1) is 11.6 Å². The topological polar surface area (TPSA) is 93.7 Å². The van der Waals surface area contributed by atoms with E-state index in [0.717, 1.165) is 18.5 Å². The van der Waals surface area contributed by atoms with Crippen LogP contribution in [-0.2, 0) is 14.8 Å². The summed E-state index contributed by atoms with van der Waals surface area (Å²) in [4.78, 5) is 8.95. The molecule has 0 bridgehead atoms. The maximum Gasteiger partial charge on any atom is 0.345 e. The summed E-state index contributed by atoms with van der Waals surface area (Å²) in [5, 5.41) is 0. The van der Waals surface area contributed by atoms with Crippen molar-refractivity contribution >= 4 is 15.8 Å². The molecule has 3 atom stereocenters. The monoisotopic (exact) mass is 552 g/mol. The number of nitrogens with zero attached hydrogens (tertiary/aromatic N) is 3. The van der Waals surface area contributed by atoms with E-state index < -0.39 is 51.4 Å². The van der Waals surface area contributed by atoms with Crippen LogP contribution in [-0.4, -0.2) is 49.2 Å². The summed E-state index contributed by atoms with van der Waals surface area (Å²) in [6.45, 7) is -2.35. The van der Waals surface area contributed by atoms with Crippen LogP contribution in [0.5, 0.6) is 5.75 Å². The molecule has 0 aliphatic carbocycles. The number of sulfonamides is 1. The lowest BCUT2D eigenvalue weighted by molar-refractivity contribution is -0.180. The third-order valence-electron chi connectivity index (χ3n) is 6.73. The largest absolute Gasteiger partial charge is 0.493 e. The Hall–Kier alpha value is -3.29. The second-order valence-electron chi connectivity index (χ2n) is 9.02. The fourth-order valence-corrected chi connectivity index (χ4v) is 6.16. The van der Waals surface area contributed by atoms with E-state index in [1.165, 1.54) is 24.4 Å². The van der Waals surface area contributed by atoms with Crippen LogP contribution < -0.4 is 9.46 Å². The van der Waals surface area contributed by atoms with Gasteiger partial charge in [-0.2, -0.15) is 8.78 Å². The third kappa shape index (κ3) is 5.59. The van der Waals surface area contributed by atoms with E-state index in [-0.39, 0.29) is 24.6 Å². The van der Waals surface area contributed by atoms with Gasteiger partial charge in [-0.3, -0.25) is 9.62 Å². The number of benzene rings is 2. The average Bonchev–Trinajstić information content (AvgIpc) is 2.88. The molecule has 2 aromatic carbocycles. The van der Waals surface area contributed by atoms with Gasteiger partial charge >= 0.3 is 6.61 Å². The zero-order valence-electron chi connectivity index (χ0n) is 19.9. The van der Waals surface area contributed by atoms with E-state index in [1.54, 1.807) is 12.1 Å². The molecule has 0 radical (unpaired) electrons. The molecule has 2 aliphatic heterocycles. The highest BCUT2D eigenvalue weighted by Gasteiger charge is 2.39. The number of hydrogen-bond donors (Lipinski definition) is 1. The van der Waals surface area contributed by atoms with Crippen LogP contribution in [0.3, 0.4) is 0 Å². The number of piperidine rings is 1. The number of hydrogen-bond acceptors (Lipinski definition) is 7. The molecular formula is C25H24F4N4O4S. The van der Waals surface area contributed by atoms with E-state index in [1.807, 2.05) is 4.90 Å². The highest BCUT2D eigenvalue weighted by atomic mass is 32.2. The smallest absolute Gasteiger partial charge is 0.345 e. The third-order valence-corrected chi connectivity index (χ3v) is 8.10. The van der Waals surface area contributed by atoms with Crippen molar-refractivity contribution in [3.63, 3.8) is 0 Å². The van der Waals surface area contributed by atoms with Gasteiger partial charge in [0.2, 0.25) is 0 Å². The Kier molecular flexibility index (Phi) is 7.50. The molecule has 0 unspecified atom stereocenters. The number of ether oxygens (including phenoxy) is 2. The first-order valence-corrected chi connectivity index (χ1v) is 13.4. The minimum atomic E-state index is -4.33. The fraction of sp³-hybridized carbons (Fsp3) is 0.360. The van der Waals surface area contributed by atoms with Gasteiger partial charge in [0.1, 0.15) is 34.4 Å². The van der Waals surface area contributed by atoms with Crippen molar-refractivity contribution in [2.75, 3.05) is 17.9 Å². The van der Waals surface area contributed by atoms with Crippen LogP contribution in [0.15, 0.2) is 59.9 Å². The Morgan fingerprint density at radius 2 is 1.87 bits per heavy atom. The number of nitrogens with one attached hydrogen (secondary N) is 1. The first-order valence-electron chi connectivity index (χ1n) is 11.9. The molecule has 2 aliphatic rings. The summed E-state index contributed by atoms with van der Waals surface area (Å²) in [5.74, 6) is -1.23. The Morgan fingerprint density at radius 1 is 1.08 bits per heavy atom. The van der Waals surface area contributed by atoms with Crippen molar-refractivity contribution in [1.29, 1.82) is 0 Å². The summed E-state index contributed by atoms with van der Waals surface area (Å²) in [6.07, 6.45) is 2.78. The maximum absolute atomic E-state index is 15.3. The number of fused-ring (bicyclic) bond motifs is 1. The Balaban J connectivity index is 1.47. The van der Waals surface area contributed by atoms with Crippen molar-refractivity contribution in [3.05, 3.63) is 77.8 Å². The lowest BCUT2D eigenvalue weighted by atomic mass is 9.88. The van der Waals surface area contributed by atoms with Gasteiger partial charge in [0.05, 0.1) is 12.7 Å². The van der Waals surface area contributed by atoms with Crippen molar-refractivity contribution < 1.29 is 35.5 Å². The van der Waals surface area contributed by atoms with Crippen molar-refractivity contribution in [3.8, 4) is 5.75 Å². The zero-order valence-corrected chi connectivity index (χ0v) is 20.8. The number of likely N-dealkylation sites (tertiary alicyclic amines) is 1. The molecule has 13 heteroatoms. The highest BCUT2D eigenvalue weighted by Crippen LogP contribution is 2.45. The molecule has 3 aromatic rings. The Bertz CT molecular complexity index is 1380. The molecule has 3 heterocycles. The summed E-state index contributed by atoms with van der Waals surface area (Å²) >= 11 is 0. The molecule has 1 N–H and O–H groups in total. The number of anilines is 1. The summed E-state index contributed by atoms with van der Waals surface area (Å²) < 4.78 is 93.4. The maximum atomic E-state index is 15.3. The fourth-order valence-electron chi connectivity index (χ4n) is 5.07. The summed E-state index contributed by atoms with van der Waals surface area (Å²) in [6, 6.07) is 8.56. The quantitative estimate of drug-likeness (QED) is 0.420. The van der Waals surface area contributed by atoms with Gasteiger partial charge in [0.15, 0.2) is 0 Å². The molecular weight excluding hydrogens is 528 g/mol. The normalized spacial score (nSPS) is 22.1. The second kappa shape index (κ2) is 10.8. The second-order valence-corrected chi connectivity index (χ2v) is 10.7. The van der Waals surface area contributed by atoms with Crippen LogP contribution >= 0.6 is 0 Å². The number of aromatic nitrogens is 2. The molecule has 8 nitrogen and oxygen atoms in total. The van der Waals surface area contributed by atoms with Crippen LogP contribution in [0.4, 0.5) is 23.4 Å². The minimum absolute atomic E-state index is 0.0213. The van der Waals surface area contributed by atoms with Crippen LogP contribution in [0.25, 0.3) is 0 Å². The van der Waals surface area contributed by atoms with Gasteiger partial charge in [0, 0.05) is 42.9 Å². The van der Waals surface area contributed by atoms with Crippen LogP contribution in [0.2, 0.25) is 0 Å². The average molecular weight is 553 g/mol. The van der Waals surface area contributed by atoms with Crippen molar-refractivity contribution in [2.24, 2.45) is 0 Å². The lowest BCUT2D eigenvalue weighted by Crippen LogP contribution is -2.43. The summed E-state index contributed by atoms with van der Waals surface area (Å²) in [7, 11) is -4.33. The minimum Gasteiger partial charge on any atom is -0.493 e. The Labute approximate surface area is 216 Å². The van der Waals surface area contributed by atoms with Crippen molar-refractivity contribution in [2.45, 2.75) is 49.0 Å². The lowest BCUT2D eigenvalue weighted by Gasteiger charge is -2.45. The molecule has 1 saturated heterocycles. The zero-order chi connectivity index (χ0) is 26.9. The SMILES string of the molecule is O=S(=O)(Nc1ccncn1)c1cc2c(cc1F)[C@@H](N1CC[C@H](OC(F)F)C[C@H]1c1ccc(F)cc1)CCO2. The van der Waals surface area contributed by atoms with Gasteiger partial charge in [-0.05, 0) is 42.7 Å². The summed E-state index contributed by atoms with van der Waals surface area (Å²) in [5.41, 5.74) is 1.14. The van der Waals surface area contributed by atoms with Gasteiger partial charge in [0.25, 0.3) is 10.0 Å². The number of alkyl halides is 2. The molecule has 0 amide bonds. The van der Waals surface area contributed by atoms with Crippen LogP contribution in [0.1, 0.15) is 42.5 Å². The molecule has 1 fully saturated rings. The predicted octanol–water partition coefficient (Wildman–Crippen LogP) is 4.82. The molecule has 0 spiro atoms. The number of rotatable bonds is 7. The molecule has 38 heavy (non-hydrogen) atoms. The van der Waals surface area contributed by atoms with Gasteiger partial charge in [-0.1, -0.05) is 12.1 Å². The van der Waals surface area contributed by atoms with Gasteiger partial charge in [-0.25, -0.2) is 27.2 Å². The van der Waals surface area contributed by atoms with Gasteiger partial charge in [-0.15, -0.1) is 0 Å².